The summed E-state index contributed by atoms with van der Waals surface area (Å²) in [6.45, 7) is 2.23. The highest BCUT2D eigenvalue weighted by molar-refractivity contribution is 5.97. The summed E-state index contributed by atoms with van der Waals surface area (Å²) in [5.74, 6) is 0.380. The summed E-state index contributed by atoms with van der Waals surface area (Å²) in [7, 11) is 1.57. The molecule has 0 spiro atoms. The average molecular weight is 377 g/mol. The number of carbonyl (C=O) groups is 1. The largest absolute Gasteiger partial charge is 0.493 e. The van der Waals surface area contributed by atoms with E-state index in [1.54, 1.807) is 25.5 Å². The van der Waals surface area contributed by atoms with E-state index < -0.39 is 5.91 Å². The average Bonchev–Trinajstić information content (AvgIpc) is 3.19. The van der Waals surface area contributed by atoms with Gasteiger partial charge < -0.3 is 14.1 Å². The Morgan fingerprint density at radius 2 is 1.93 bits per heavy atom. The lowest BCUT2D eigenvalue weighted by molar-refractivity contribution is 0.0929. The van der Waals surface area contributed by atoms with E-state index in [1.165, 1.54) is 24.9 Å². The van der Waals surface area contributed by atoms with Crippen molar-refractivity contribution in [3.05, 3.63) is 59.9 Å². The van der Waals surface area contributed by atoms with Gasteiger partial charge in [0, 0.05) is 24.2 Å². The highest BCUT2D eigenvalue weighted by Crippen LogP contribution is 2.28. The van der Waals surface area contributed by atoms with E-state index in [1.807, 2.05) is 24.3 Å². The Hall–Kier alpha value is -3.28. The molecule has 0 saturated carbocycles. The molecule has 28 heavy (non-hydrogen) atoms. The van der Waals surface area contributed by atoms with Gasteiger partial charge in [0.2, 0.25) is 0 Å². The molecule has 1 aromatic heterocycles. The quantitative estimate of drug-likeness (QED) is 0.535. The van der Waals surface area contributed by atoms with Crippen LogP contribution in [0, 0.1) is 0 Å². The number of rotatable bonds is 5. The second-order valence-corrected chi connectivity index (χ2v) is 6.83. The maximum absolute atomic E-state index is 12.3. The normalized spacial score (nSPS) is 14.5. The van der Waals surface area contributed by atoms with Crippen LogP contribution in [0.4, 0.5) is 5.69 Å². The van der Waals surface area contributed by atoms with Crippen LogP contribution in [-0.4, -0.2) is 32.3 Å². The summed E-state index contributed by atoms with van der Waals surface area (Å²) >= 11 is 0. The Bertz CT molecular complexity index is 986. The molecule has 1 saturated heterocycles. The van der Waals surface area contributed by atoms with Crippen molar-refractivity contribution in [1.82, 2.24) is 5.43 Å². The summed E-state index contributed by atoms with van der Waals surface area (Å²) in [4.78, 5) is 14.7. The molecule has 2 aromatic carbocycles. The van der Waals surface area contributed by atoms with E-state index in [0.29, 0.717) is 11.3 Å². The zero-order valence-electron chi connectivity index (χ0n) is 15.9. The van der Waals surface area contributed by atoms with Crippen LogP contribution in [0.15, 0.2) is 58.0 Å². The minimum Gasteiger partial charge on any atom is -0.493 e. The van der Waals surface area contributed by atoms with E-state index in [0.717, 1.165) is 24.0 Å². The maximum atomic E-state index is 12.3. The number of nitrogens with one attached hydrogen (secondary N) is 1. The topological polar surface area (TPSA) is 67.1 Å². The lowest BCUT2D eigenvalue weighted by atomic mass is 10.1. The molecule has 0 bridgehead atoms. The zero-order chi connectivity index (χ0) is 19.3. The fourth-order valence-electron chi connectivity index (χ4n) is 3.45. The number of piperidine rings is 1. The predicted molar refractivity (Wildman–Crippen MR) is 110 cm³/mol. The molecule has 1 N–H and O–H groups in total. The van der Waals surface area contributed by atoms with Gasteiger partial charge in [-0.2, -0.15) is 5.10 Å². The molecular weight excluding hydrogens is 354 g/mol. The van der Waals surface area contributed by atoms with E-state index >= 15 is 0 Å². The van der Waals surface area contributed by atoms with Crippen molar-refractivity contribution in [3.63, 3.8) is 0 Å². The molecule has 1 aliphatic heterocycles. The first-order valence-corrected chi connectivity index (χ1v) is 9.49. The second-order valence-electron chi connectivity index (χ2n) is 6.83. The van der Waals surface area contributed by atoms with Gasteiger partial charge in [-0.05, 0) is 49.1 Å². The smallest absolute Gasteiger partial charge is 0.307 e. The Morgan fingerprint density at radius 3 is 2.68 bits per heavy atom. The molecule has 6 nitrogen and oxygen atoms in total. The third-order valence-electron chi connectivity index (χ3n) is 4.95. The fourth-order valence-corrected chi connectivity index (χ4v) is 3.45. The van der Waals surface area contributed by atoms with Crippen LogP contribution < -0.4 is 15.1 Å². The van der Waals surface area contributed by atoms with Crippen LogP contribution in [0.25, 0.3) is 11.0 Å². The Balaban J connectivity index is 1.39. The number of nitrogens with zero attached hydrogens (tertiary/aromatic N) is 2. The number of hydrogen-bond acceptors (Lipinski definition) is 5. The maximum Gasteiger partial charge on any atom is 0.307 e. The van der Waals surface area contributed by atoms with Crippen LogP contribution in [-0.2, 0) is 0 Å². The van der Waals surface area contributed by atoms with Gasteiger partial charge in [-0.15, -0.1) is 0 Å². The van der Waals surface area contributed by atoms with Crippen LogP contribution in [0.3, 0.4) is 0 Å². The first kappa shape index (κ1) is 18.1. The number of benzene rings is 2. The minimum absolute atomic E-state index is 0.192. The second kappa shape index (κ2) is 8.17. The summed E-state index contributed by atoms with van der Waals surface area (Å²) in [6, 6.07) is 15.4. The van der Waals surface area contributed by atoms with Crippen LogP contribution >= 0.6 is 0 Å². The number of para-hydroxylation sites is 1. The van der Waals surface area contributed by atoms with Gasteiger partial charge in [0.05, 0.1) is 13.3 Å². The number of hydrazone groups is 1. The third kappa shape index (κ3) is 3.86. The van der Waals surface area contributed by atoms with Crippen LogP contribution in [0.5, 0.6) is 5.75 Å². The lowest BCUT2D eigenvalue weighted by Crippen LogP contribution is -2.29. The first-order chi connectivity index (χ1) is 13.7. The van der Waals surface area contributed by atoms with E-state index in [-0.39, 0.29) is 5.76 Å². The van der Waals surface area contributed by atoms with Gasteiger partial charge in [-0.1, -0.05) is 24.3 Å². The molecule has 1 aliphatic rings. The Morgan fingerprint density at radius 1 is 1.14 bits per heavy atom. The molecule has 144 valence electrons. The lowest BCUT2D eigenvalue weighted by Gasteiger charge is -2.28. The van der Waals surface area contributed by atoms with E-state index in [2.05, 4.69) is 27.6 Å². The van der Waals surface area contributed by atoms with E-state index in [9.17, 15) is 4.79 Å². The van der Waals surface area contributed by atoms with Gasteiger partial charge in [0.15, 0.2) is 17.1 Å². The molecule has 3 aromatic rings. The molecule has 4 rings (SSSR count). The van der Waals surface area contributed by atoms with Crippen molar-refractivity contribution in [2.45, 2.75) is 19.3 Å². The molecule has 0 aliphatic carbocycles. The molecule has 6 heteroatoms. The summed E-state index contributed by atoms with van der Waals surface area (Å²) in [6.07, 6.45) is 5.45. The molecule has 2 heterocycles. The zero-order valence-corrected chi connectivity index (χ0v) is 15.9. The first-order valence-electron chi connectivity index (χ1n) is 9.49. The van der Waals surface area contributed by atoms with Crippen molar-refractivity contribution in [2.24, 2.45) is 5.10 Å². The minimum atomic E-state index is -0.403. The van der Waals surface area contributed by atoms with Gasteiger partial charge >= 0.3 is 5.91 Å². The van der Waals surface area contributed by atoms with E-state index in [4.69, 9.17) is 9.15 Å². The van der Waals surface area contributed by atoms with Crippen molar-refractivity contribution < 1.29 is 13.9 Å². The highest BCUT2D eigenvalue weighted by atomic mass is 16.5. The summed E-state index contributed by atoms with van der Waals surface area (Å²) < 4.78 is 10.9. The van der Waals surface area contributed by atoms with Crippen LogP contribution in [0.1, 0.15) is 35.4 Å². The van der Waals surface area contributed by atoms with Gasteiger partial charge in [-0.25, -0.2) is 5.43 Å². The Labute approximate surface area is 163 Å². The molecule has 1 amide bonds. The van der Waals surface area contributed by atoms with Crippen molar-refractivity contribution >= 4 is 28.8 Å². The summed E-state index contributed by atoms with van der Waals surface area (Å²) in [5.41, 5.74) is 5.21. The van der Waals surface area contributed by atoms with Gasteiger partial charge in [0.25, 0.3) is 0 Å². The number of methoxy groups -OCH3 is 1. The number of furan rings is 1. The molecule has 0 unspecified atom stereocenters. The molecular formula is C22H23N3O3. The number of hydrogen-bond donors (Lipinski definition) is 1. The SMILES string of the molecule is COc1cccc2cc(C(=O)N/N=C\c3ccc(N4CCCCC4)cc3)oc12. The van der Waals surface area contributed by atoms with Crippen molar-refractivity contribution in [3.8, 4) is 5.75 Å². The standard InChI is InChI=1S/C22H23N3O3/c1-27-19-7-5-6-17-14-20(28-21(17)19)22(26)24-23-15-16-8-10-18(11-9-16)25-12-3-2-4-13-25/h5-11,14-15H,2-4,12-13H2,1H3,(H,24,26)/b23-15-. The number of ether oxygens (including phenoxy) is 1. The summed E-state index contributed by atoms with van der Waals surface area (Å²) in [5, 5.41) is 4.85. The number of amides is 1. The monoisotopic (exact) mass is 377 g/mol. The van der Waals surface area contributed by atoms with Crippen LogP contribution in [0.2, 0.25) is 0 Å². The van der Waals surface area contributed by atoms with Crippen molar-refractivity contribution in [2.75, 3.05) is 25.1 Å². The number of carbonyl (C=O) groups excluding carboxylic acids is 1. The molecule has 1 fully saturated rings. The number of fused-ring (bicyclic) bond motifs is 1. The van der Waals surface area contributed by atoms with Gasteiger partial charge in [0.1, 0.15) is 0 Å². The molecule has 0 atom stereocenters. The van der Waals surface area contributed by atoms with Gasteiger partial charge in [-0.3, -0.25) is 4.79 Å². The fraction of sp³-hybridized carbons (Fsp3) is 0.273. The highest BCUT2D eigenvalue weighted by Gasteiger charge is 2.14. The Kier molecular flexibility index (Phi) is 5.28. The molecule has 0 radical (unpaired) electrons. The number of anilines is 1. The predicted octanol–water partition coefficient (Wildman–Crippen LogP) is 4.20. The third-order valence-corrected chi connectivity index (χ3v) is 4.95. The van der Waals surface area contributed by atoms with Crippen molar-refractivity contribution in [1.29, 1.82) is 0 Å².